The molecule has 0 bridgehead atoms. The minimum atomic E-state index is -0.341. The van der Waals surface area contributed by atoms with Gasteiger partial charge in [0.05, 0.1) is 17.4 Å². The van der Waals surface area contributed by atoms with Crippen molar-refractivity contribution in [3.63, 3.8) is 0 Å². The largest absolute Gasteiger partial charge is 0.351 e. The van der Waals surface area contributed by atoms with E-state index in [0.717, 1.165) is 59.5 Å². The summed E-state index contributed by atoms with van der Waals surface area (Å²) < 4.78 is 14.3. The molecule has 1 aliphatic carbocycles. The Balaban J connectivity index is 1.05. The van der Waals surface area contributed by atoms with Crippen molar-refractivity contribution in [3.8, 4) is 0 Å². The number of aromatic amines is 1. The van der Waals surface area contributed by atoms with Gasteiger partial charge in [0.2, 0.25) is 5.70 Å². The van der Waals surface area contributed by atoms with E-state index in [9.17, 15) is 9.18 Å². The topological polar surface area (TPSA) is 95.6 Å². The average Bonchev–Trinajstić information content (AvgIpc) is 3.63. The molecule has 0 saturated heterocycles. The van der Waals surface area contributed by atoms with Gasteiger partial charge >= 0.3 is 0 Å². The minimum absolute atomic E-state index is 0.00146. The minimum Gasteiger partial charge on any atom is -0.351 e. The summed E-state index contributed by atoms with van der Waals surface area (Å²) >= 11 is 7.66. The molecule has 1 saturated carbocycles. The van der Waals surface area contributed by atoms with Gasteiger partial charge in [-0.25, -0.2) is 4.39 Å². The second-order valence-corrected chi connectivity index (χ2v) is 12.1. The van der Waals surface area contributed by atoms with Crippen molar-refractivity contribution in [3.05, 3.63) is 93.7 Å². The zero-order valence-corrected chi connectivity index (χ0v) is 23.1. The number of halogens is 2. The number of para-hydroxylation sites is 1. The number of hydrogen-bond donors (Lipinski definition) is 3. The number of quaternary nitrogens is 1. The Bertz CT molecular complexity index is 1760. The molecule has 7 rings (SSSR count). The summed E-state index contributed by atoms with van der Waals surface area (Å²) in [5.74, 6) is 7.77. The molecule has 7 nitrogen and oxygen atoms in total. The molecule has 4 N–H and O–H groups in total. The second kappa shape index (κ2) is 9.78. The van der Waals surface area contributed by atoms with Gasteiger partial charge in [-0.1, -0.05) is 29.8 Å². The number of amidine groups is 1. The van der Waals surface area contributed by atoms with E-state index in [2.05, 4.69) is 27.4 Å². The number of nitrogens with two attached hydrogens (primary N) is 1. The van der Waals surface area contributed by atoms with Crippen LogP contribution >= 0.6 is 22.9 Å². The van der Waals surface area contributed by atoms with Crippen LogP contribution < -0.4 is 11.2 Å². The average molecular weight is 574 g/mol. The summed E-state index contributed by atoms with van der Waals surface area (Å²) in [6.07, 6.45) is 9.25. The Kier molecular flexibility index (Phi) is 6.20. The molecule has 0 spiro atoms. The molecular formula is C30H27ClFN6OS+. The highest BCUT2D eigenvalue weighted by Crippen LogP contribution is 2.41. The van der Waals surface area contributed by atoms with Gasteiger partial charge in [0.1, 0.15) is 28.3 Å². The van der Waals surface area contributed by atoms with Crippen LogP contribution in [0.25, 0.3) is 21.0 Å². The Morgan fingerprint density at radius 3 is 2.83 bits per heavy atom. The number of nitrogens with one attached hydrogen (secondary N) is 2. The molecule has 4 aromatic rings. The fraction of sp³-hybridized carbons (Fsp3) is 0.233. The number of fused-ring (bicyclic) bond motifs is 3. The highest BCUT2D eigenvalue weighted by Gasteiger charge is 2.46. The lowest BCUT2D eigenvalue weighted by atomic mass is 9.80. The molecule has 0 radical (unpaired) electrons. The standard InChI is InChI=1S/C30H26ClFN6OS/c31-26-21-10-9-20(32)14-25(21)40-28(26)30(39)35-15-17-5-7-18(8-6-17)27-24-16-34-11-12-38(24,33)29(37-27)23-13-19-3-1-2-4-22(19)36-23/h1-4,9-14,16-18H,5-8,15,33H2,(H-,34,35,36,37,39)/p+1. The zero-order valence-electron chi connectivity index (χ0n) is 21.5. The first-order valence-electron chi connectivity index (χ1n) is 13.4. The van der Waals surface area contributed by atoms with Gasteiger partial charge in [-0.05, 0) is 61.9 Å². The third-order valence-electron chi connectivity index (χ3n) is 8.18. The molecule has 40 heavy (non-hydrogen) atoms. The monoisotopic (exact) mass is 573 g/mol. The molecule has 2 aromatic carbocycles. The van der Waals surface area contributed by atoms with Crippen molar-refractivity contribution < 1.29 is 13.8 Å². The van der Waals surface area contributed by atoms with Gasteiger partial charge in [0.25, 0.3) is 11.7 Å². The fourth-order valence-electron chi connectivity index (χ4n) is 6.02. The number of aliphatic imine (C=N–C) groups is 2. The third-order valence-corrected chi connectivity index (χ3v) is 9.83. The van der Waals surface area contributed by atoms with Gasteiger partial charge in [-0.3, -0.25) is 9.79 Å². The van der Waals surface area contributed by atoms with Crippen LogP contribution in [0.15, 0.2) is 82.3 Å². The number of benzene rings is 2. The van der Waals surface area contributed by atoms with Crippen LogP contribution in [0.3, 0.4) is 0 Å². The second-order valence-electron chi connectivity index (χ2n) is 10.6. The normalized spacial score (nSPS) is 24.1. The van der Waals surface area contributed by atoms with E-state index in [0.29, 0.717) is 32.4 Å². The maximum absolute atomic E-state index is 13.6. The maximum Gasteiger partial charge on any atom is 0.281 e. The molecular weight excluding hydrogens is 547 g/mol. The molecule has 1 fully saturated rings. The van der Waals surface area contributed by atoms with Crippen molar-refractivity contribution >= 4 is 61.9 Å². The number of hydrogen-bond acceptors (Lipinski definition) is 5. The predicted octanol–water partition coefficient (Wildman–Crippen LogP) is 6.63. The van der Waals surface area contributed by atoms with Crippen LogP contribution in [-0.2, 0) is 0 Å². The lowest BCUT2D eigenvalue weighted by Gasteiger charge is -2.29. The number of nitrogens with zero attached hydrogens (tertiary/aromatic N) is 3. The van der Waals surface area contributed by atoms with Crippen molar-refractivity contribution in [2.75, 3.05) is 6.54 Å². The molecule has 1 amide bonds. The summed E-state index contributed by atoms with van der Waals surface area (Å²) in [5.41, 5.74) is 3.85. The quantitative estimate of drug-likeness (QED) is 0.185. The number of thiophene rings is 1. The fourth-order valence-corrected chi connectivity index (χ4v) is 7.48. The van der Waals surface area contributed by atoms with E-state index < -0.39 is 0 Å². The molecule has 1 unspecified atom stereocenters. The molecule has 1 atom stereocenters. The Labute approximate surface area is 239 Å². The molecule has 10 heteroatoms. The van der Waals surface area contributed by atoms with Gasteiger partial charge in [0.15, 0.2) is 0 Å². The predicted molar refractivity (Wildman–Crippen MR) is 159 cm³/mol. The van der Waals surface area contributed by atoms with Gasteiger partial charge in [-0.15, -0.1) is 15.9 Å². The van der Waals surface area contributed by atoms with Crippen molar-refractivity contribution in [1.29, 1.82) is 0 Å². The van der Waals surface area contributed by atoms with E-state index in [1.54, 1.807) is 12.3 Å². The van der Waals surface area contributed by atoms with Crippen LogP contribution in [-0.4, -0.2) is 34.1 Å². The lowest BCUT2D eigenvalue weighted by Crippen LogP contribution is -2.53. The Morgan fingerprint density at radius 2 is 2.00 bits per heavy atom. The third kappa shape index (κ3) is 4.21. The summed E-state index contributed by atoms with van der Waals surface area (Å²) in [4.78, 5) is 26.3. The molecule has 2 aromatic heterocycles. The number of rotatable bonds is 5. The highest BCUT2D eigenvalue weighted by molar-refractivity contribution is 7.21. The van der Waals surface area contributed by atoms with Gasteiger partial charge in [-0.2, -0.15) is 10.8 Å². The Hall–Kier alpha value is -3.63. The van der Waals surface area contributed by atoms with Crippen LogP contribution in [0.4, 0.5) is 4.39 Å². The smallest absolute Gasteiger partial charge is 0.281 e. The highest BCUT2D eigenvalue weighted by atomic mass is 35.5. The van der Waals surface area contributed by atoms with Crippen LogP contribution in [0.5, 0.6) is 0 Å². The van der Waals surface area contributed by atoms with E-state index in [1.165, 1.54) is 23.5 Å². The number of carbonyl (C=O) groups excluding carboxylic acids is 1. The SMILES string of the molecule is N[N+]12C=CN=CC1=C(C1CCC(CNC(=O)c3sc4cc(F)ccc4c3Cl)CC1)N=C2c1cc2ccccc2[nH]1. The number of allylic oxidation sites excluding steroid dienone is 2. The molecule has 3 aliphatic rings. The van der Waals surface area contributed by atoms with E-state index >= 15 is 0 Å². The van der Waals surface area contributed by atoms with E-state index in [4.69, 9.17) is 22.4 Å². The van der Waals surface area contributed by atoms with Crippen LogP contribution in [0.2, 0.25) is 5.02 Å². The maximum atomic E-state index is 13.6. The summed E-state index contributed by atoms with van der Waals surface area (Å²) in [6, 6.07) is 14.6. The van der Waals surface area contributed by atoms with Crippen LogP contribution in [0.1, 0.15) is 41.0 Å². The molecule has 4 heterocycles. The van der Waals surface area contributed by atoms with Crippen molar-refractivity contribution in [2.45, 2.75) is 25.7 Å². The first-order chi connectivity index (χ1) is 19.4. The number of carbonyl (C=O) groups is 1. The van der Waals surface area contributed by atoms with Crippen molar-refractivity contribution in [1.82, 2.24) is 10.3 Å². The first kappa shape index (κ1) is 25.3. The lowest BCUT2D eigenvalue weighted by molar-refractivity contribution is -0.750. The molecule has 202 valence electrons. The first-order valence-corrected chi connectivity index (χ1v) is 14.6. The summed E-state index contributed by atoms with van der Waals surface area (Å²) in [6.45, 7) is 0.570. The van der Waals surface area contributed by atoms with E-state index in [-0.39, 0.29) is 22.2 Å². The van der Waals surface area contributed by atoms with E-state index in [1.807, 2.05) is 30.6 Å². The number of H-pyrrole nitrogens is 1. The van der Waals surface area contributed by atoms with Gasteiger partial charge in [0, 0.05) is 33.5 Å². The number of amides is 1. The van der Waals surface area contributed by atoms with Crippen molar-refractivity contribution in [2.24, 2.45) is 27.7 Å². The zero-order chi connectivity index (χ0) is 27.4. The van der Waals surface area contributed by atoms with Gasteiger partial charge < -0.3 is 10.3 Å². The number of aromatic nitrogens is 1. The Morgan fingerprint density at radius 1 is 1.18 bits per heavy atom. The summed E-state index contributed by atoms with van der Waals surface area (Å²) in [7, 11) is 0. The molecule has 2 aliphatic heterocycles. The summed E-state index contributed by atoms with van der Waals surface area (Å²) in [5, 5.41) is 5.25. The van der Waals surface area contributed by atoms with Crippen LogP contribution in [0, 0.1) is 17.7 Å².